The third-order valence-electron chi connectivity index (χ3n) is 4.58. The van der Waals surface area contributed by atoms with Crippen LogP contribution in [-0.2, 0) is 0 Å². The Morgan fingerprint density at radius 1 is 0.778 bits per heavy atom. The zero-order valence-electron chi connectivity index (χ0n) is 14.6. The largest absolute Gasteiger partial charge is 0.322 e. The van der Waals surface area contributed by atoms with Crippen LogP contribution < -0.4 is 10.2 Å². The molecular formula is C22H16N2O3. The van der Waals surface area contributed by atoms with Gasteiger partial charge in [-0.3, -0.25) is 14.4 Å². The molecule has 0 radical (unpaired) electrons. The fraction of sp³-hybridized carbons (Fsp3) is 0.0455. The van der Waals surface area contributed by atoms with Gasteiger partial charge in [-0.1, -0.05) is 42.5 Å². The predicted molar refractivity (Wildman–Crippen MR) is 103 cm³/mol. The van der Waals surface area contributed by atoms with Gasteiger partial charge in [0.2, 0.25) is 0 Å². The monoisotopic (exact) mass is 356 g/mol. The van der Waals surface area contributed by atoms with Gasteiger partial charge in [0.1, 0.15) is 0 Å². The molecule has 1 aliphatic heterocycles. The third-order valence-corrected chi connectivity index (χ3v) is 4.58. The Bertz CT molecular complexity index is 1050. The quantitative estimate of drug-likeness (QED) is 0.720. The van der Waals surface area contributed by atoms with E-state index in [4.69, 9.17) is 0 Å². The molecule has 0 bridgehead atoms. The van der Waals surface area contributed by atoms with Crippen LogP contribution in [0.3, 0.4) is 0 Å². The standard InChI is InChI=1S/C22H16N2O3/c1-14-8-2-6-12-18(14)23-20(25)17-11-5-7-13-19(17)24-21(26)15-9-3-4-10-16(15)22(24)27/h2-13H,1H3,(H,23,25). The summed E-state index contributed by atoms with van der Waals surface area (Å²) in [6.07, 6.45) is 0. The number of imide groups is 1. The molecule has 0 fully saturated rings. The normalized spacial score (nSPS) is 12.9. The van der Waals surface area contributed by atoms with Crippen molar-refractivity contribution in [2.45, 2.75) is 6.92 Å². The maximum Gasteiger partial charge on any atom is 0.266 e. The first-order valence-electron chi connectivity index (χ1n) is 8.52. The van der Waals surface area contributed by atoms with Gasteiger partial charge in [-0.25, -0.2) is 4.90 Å². The Kier molecular flexibility index (Phi) is 4.05. The van der Waals surface area contributed by atoms with Crippen molar-refractivity contribution < 1.29 is 14.4 Å². The lowest BCUT2D eigenvalue weighted by atomic mass is 10.1. The molecular weight excluding hydrogens is 340 g/mol. The maximum atomic E-state index is 12.9. The predicted octanol–water partition coefficient (Wildman–Crippen LogP) is 4.05. The minimum Gasteiger partial charge on any atom is -0.322 e. The number of carbonyl (C=O) groups is 3. The van der Waals surface area contributed by atoms with E-state index in [-0.39, 0.29) is 17.2 Å². The van der Waals surface area contributed by atoms with E-state index >= 15 is 0 Å². The van der Waals surface area contributed by atoms with Crippen LogP contribution in [0, 0.1) is 6.92 Å². The van der Waals surface area contributed by atoms with Gasteiger partial charge in [0, 0.05) is 5.69 Å². The molecule has 0 unspecified atom stereocenters. The maximum absolute atomic E-state index is 12.9. The molecule has 0 spiro atoms. The lowest BCUT2D eigenvalue weighted by molar-refractivity contribution is 0.0926. The minimum atomic E-state index is -0.424. The van der Waals surface area contributed by atoms with Crippen LogP contribution in [0.1, 0.15) is 36.6 Å². The number of aryl methyl sites for hydroxylation is 1. The van der Waals surface area contributed by atoms with Crippen LogP contribution in [0.5, 0.6) is 0 Å². The van der Waals surface area contributed by atoms with E-state index < -0.39 is 11.8 Å². The summed E-state index contributed by atoms with van der Waals surface area (Å²) >= 11 is 0. The SMILES string of the molecule is Cc1ccccc1NC(=O)c1ccccc1N1C(=O)c2ccccc2C1=O. The van der Waals surface area contributed by atoms with Gasteiger partial charge in [-0.05, 0) is 42.8 Å². The van der Waals surface area contributed by atoms with E-state index in [1.54, 1.807) is 54.6 Å². The number of carbonyl (C=O) groups excluding carboxylic acids is 3. The van der Waals surface area contributed by atoms with Crippen LogP contribution in [0.15, 0.2) is 72.8 Å². The van der Waals surface area contributed by atoms with Crippen molar-refractivity contribution in [2.75, 3.05) is 10.2 Å². The number of amides is 3. The van der Waals surface area contributed by atoms with Crippen LogP contribution in [0.25, 0.3) is 0 Å². The molecule has 4 rings (SSSR count). The van der Waals surface area contributed by atoms with Crippen molar-refractivity contribution >= 4 is 29.1 Å². The Morgan fingerprint density at radius 3 is 2.00 bits per heavy atom. The van der Waals surface area contributed by atoms with Gasteiger partial charge in [0.25, 0.3) is 17.7 Å². The fourth-order valence-electron chi connectivity index (χ4n) is 3.17. The van der Waals surface area contributed by atoms with E-state index in [0.717, 1.165) is 10.5 Å². The summed E-state index contributed by atoms with van der Waals surface area (Å²) in [5.74, 6) is -1.23. The molecule has 5 nitrogen and oxygen atoms in total. The highest BCUT2D eigenvalue weighted by molar-refractivity contribution is 6.35. The Balaban J connectivity index is 1.73. The Labute approximate surface area is 156 Å². The molecule has 3 aromatic rings. The second-order valence-corrected chi connectivity index (χ2v) is 6.28. The number of fused-ring (bicyclic) bond motifs is 1. The van der Waals surface area contributed by atoms with Gasteiger partial charge >= 0.3 is 0 Å². The van der Waals surface area contributed by atoms with Crippen molar-refractivity contribution in [3.05, 3.63) is 95.1 Å². The summed E-state index contributed by atoms with van der Waals surface area (Å²) in [4.78, 5) is 39.5. The molecule has 0 aromatic heterocycles. The average Bonchev–Trinajstić information content (AvgIpc) is 2.94. The van der Waals surface area contributed by atoms with Crippen LogP contribution in [0.4, 0.5) is 11.4 Å². The van der Waals surface area contributed by atoms with Gasteiger partial charge in [-0.2, -0.15) is 0 Å². The number of benzene rings is 3. The molecule has 0 aliphatic carbocycles. The number of hydrogen-bond acceptors (Lipinski definition) is 3. The highest BCUT2D eigenvalue weighted by atomic mass is 16.2. The summed E-state index contributed by atoms with van der Waals surface area (Å²) in [6.45, 7) is 1.89. The van der Waals surface area contributed by atoms with Gasteiger partial charge in [-0.15, -0.1) is 0 Å². The van der Waals surface area contributed by atoms with Crippen molar-refractivity contribution in [3.8, 4) is 0 Å². The molecule has 1 heterocycles. The first kappa shape index (κ1) is 16.7. The van der Waals surface area contributed by atoms with Crippen LogP contribution in [0.2, 0.25) is 0 Å². The minimum absolute atomic E-state index is 0.259. The second-order valence-electron chi connectivity index (χ2n) is 6.28. The van der Waals surface area contributed by atoms with E-state index in [2.05, 4.69) is 5.32 Å². The topological polar surface area (TPSA) is 66.5 Å². The fourth-order valence-corrected chi connectivity index (χ4v) is 3.17. The first-order chi connectivity index (χ1) is 13.1. The zero-order valence-corrected chi connectivity index (χ0v) is 14.6. The van der Waals surface area contributed by atoms with E-state index in [9.17, 15) is 14.4 Å². The second kappa shape index (κ2) is 6.53. The highest BCUT2D eigenvalue weighted by Gasteiger charge is 2.37. The van der Waals surface area contributed by atoms with Crippen molar-refractivity contribution in [2.24, 2.45) is 0 Å². The summed E-state index contributed by atoms with van der Waals surface area (Å²) in [5, 5.41) is 2.85. The molecule has 3 aromatic carbocycles. The van der Waals surface area contributed by atoms with Crippen molar-refractivity contribution in [1.82, 2.24) is 0 Å². The van der Waals surface area contributed by atoms with Crippen LogP contribution in [-0.4, -0.2) is 17.7 Å². The third kappa shape index (κ3) is 2.79. The Morgan fingerprint density at radius 2 is 1.33 bits per heavy atom. The van der Waals surface area contributed by atoms with Gasteiger partial charge in [0.05, 0.1) is 22.4 Å². The number of nitrogens with zero attached hydrogens (tertiary/aromatic N) is 1. The Hall–Kier alpha value is -3.73. The molecule has 3 amide bonds. The number of para-hydroxylation sites is 2. The molecule has 1 aliphatic rings. The van der Waals surface area contributed by atoms with Crippen molar-refractivity contribution in [3.63, 3.8) is 0 Å². The summed E-state index contributed by atoms with van der Waals surface area (Å²) < 4.78 is 0. The summed E-state index contributed by atoms with van der Waals surface area (Å²) in [5.41, 5.74) is 2.82. The van der Waals surface area contributed by atoms with Crippen LogP contribution >= 0.6 is 0 Å². The smallest absolute Gasteiger partial charge is 0.266 e. The molecule has 27 heavy (non-hydrogen) atoms. The summed E-state index contributed by atoms with van der Waals surface area (Å²) in [6, 6.07) is 20.7. The van der Waals surface area contributed by atoms with E-state index in [1.807, 2.05) is 25.1 Å². The number of rotatable bonds is 3. The van der Waals surface area contributed by atoms with Crippen molar-refractivity contribution in [1.29, 1.82) is 0 Å². The van der Waals surface area contributed by atoms with Gasteiger partial charge < -0.3 is 5.32 Å². The molecule has 132 valence electrons. The highest BCUT2D eigenvalue weighted by Crippen LogP contribution is 2.31. The summed E-state index contributed by atoms with van der Waals surface area (Å²) in [7, 11) is 0. The molecule has 0 saturated heterocycles. The van der Waals surface area contributed by atoms with E-state index in [1.165, 1.54) is 0 Å². The zero-order chi connectivity index (χ0) is 19.0. The van der Waals surface area contributed by atoms with Gasteiger partial charge in [0.15, 0.2) is 0 Å². The average molecular weight is 356 g/mol. The number of nitrogens with one attached hydrogen (secondary N) is 1. The lowest BCUT2D eigenvalue weighted by Crippen LogP contribution is -2.31. The molecule has 0 saturated carbocycles. The molecule has 5 heteroatoms. The lowest BCUT2D eigenvalue weighted by Gasteiger charge is -2.18. The first-order valence-corrected chi connectivity index (χ1v) is 8.52. The van der Waals surface area contributed by atoms with E-state index in [0.29, 0.717) is 16.8 Å². The number of anilines is 2. The molecule has 1 N–H and O–H groups in total. The number of hydrogen-bond donors (Lipinski definition) is 1. The molecule has 0 atom stereocenters.